The van der Waals surface area contributed by atoms with E-state index in [2.05, 4.69) is 4.90 Å². The van der Waals surface area contributed by atoms with E-state index in [1.54, 1.807) is 23.1 Å². The minimum absolute atomic E-state index is 0.185. The lowest BCUT2D eigenvalue weighted by Crippen LogP contribution is -2.51. The molecule has 1 amide bonds. The van der Waals surface area contributed by atoms with Crippen LogP contribution in [0.5, 0.6) is 11.5 Å². The maximum absolute atomic E-state index is 12.9. The van der Waals surface area contributed by atoms with Gasteiger partial charge in [-0.05, 0) is 42.3 Å². The molecule has 9 heteroatoms. The number of rotatable bonds is 6. The highest BCUT2D eigenvalue weighted by molar-refractivity contribution is 7.92. The minimum Gasteiger partial charge on any atom is -0.454 e. The van der Waals surface area contributed by atoms with Gasteiger partial charge in [0.25, 0.3) is 0 Å². The second-order valence-corrected chi connectivity index (χ2v) is 9.86. The largest absolute Gasteiger partial charge is 0.454 e. The molecule has 2 aliphatic rings. The number of carbonyl (C=O) groups excluding carboxylic acids is 1. The van der Waals surface area contributed by atoms with E-state index in [1.165, 1.54) is 4.31 Å². The summed E-state index contributed by atoms with van der Waals surface area (Å²) in [5.74, 6) is 1.35. The number of aryl methyl sites for hydroxylation is 1. The first-order valence-electron chi connectivity index (χ1n) is 10.2. The number of nitrogens with zero attached hydrogens (tertiary/aromatic N) is 3. The quantitative estimate of drug-likeness (QED) is 0.675. The van der Waals surface area contributed by atoms with Crippen molar-refractivity contribution in [2.45, 2.75) is 13.5 Å². The van der Waals surface area contributed by atoms with Crippen LogP contribution in [0.3, 0.4) is 0 Å². The number of benzene rings is 2. The molecule has 0 unspecified atom stereocenters. The third-order valence-corrected chi connectivity index (χ3v) is 6.68. The molecule has 0 spiro atoms. The van der Waals surface area contributed by atoms with Crippen LogP contribution in [0.1, 0.15) is 11.1 Å². The van der Waals surface area contributed by atoms with Crippen molar-refractivity contribution in [2.24, 2.45) is 0 Å². The Kier molecular flexibility index (Phi) is 6.06. The Balaban J connectivity index is 1.35. The van der Waals surface area contributed by atoms with Gasteiger partial charge in [-0.25, -0.2) is 8.42 Å². The van der Waals surface area contributed by atoms with E-state index in [1.807, 2.05) is 31.2 Å². The highest BCUT2D eigenvalue weighted by atomic mass is 32.2. The zero-order chi connectivity index (χ0) is 22.0. The summed E-state index contributed by atoms with van der Waals surface area (Å²) in [6, 6.07) is 13.1. The Hall–Kier alpha value is -2.78. The molecule has 1 saturated heterocycles. The predicted molar refractivity (Wildman–Crippen MR) is 118 cm³/mol. The lowest BCUT2D eigenvalue weighted by Gasteiger charge is -2.36. The highest BCUT2D eigenvalue weighted by Gasteiger charge is 2.27. The molecule has 0 bridgehead atoms. The summed E-state index contributed by atoms with van der Waals surface area (Å²) in [4.78, 5) is 16.9. The van der Waals surface area contributed by atoms with Gasteiger partial charge in [-0.2, -0.15) is 0 Å². The average Bonchev–Trinajstić information content (AvgIpc) is 3.19. The van der Waals surface area contributed by atoms with E-state index < -0.39 is 10.0 Å². The number of hydrogen-bond donors (Lipinski definition) is 0. The average molecular weight is 446 g/mol. The molecule has 0 aliphatic carbocycles. The van der Waals surface area contributed by atoms with Crippen LogP contribution in [0, 0.1) is 6.92 Å². The zero-order valence-electron chi connectivity index (χ0n) is 17.8. The topological polar surface area (TPSA) is 79.4 Å². The van der Waals surface area contributed by atoms with Gasteiger partial charge in [0.2, 0.25) is 22.7 Å². The number of sulfonamides is 1. The van der Waals surface area contributed by atoms with Gasteiger partial charge in [0.15, 0.2) is 11.5 Å². The SMILES string of the molecule is Cc1cccc(N(CC(=O)N2CCN(Cc3ccc4c(c3)OCO4)CC2)S(C)(=O)=O)c1. The van der Waals surface area contributed by atoms with Gasteiger partial charge < -0.3 is 14.4 Å². The van der Waals surface area contributed by atoms with Crippen LogP contribution in [0.2, 0.25) is 0 Å². The zero-order valence-corrected chi connectivity index (χ0v) is 18.6. The van der Waals surface area contributed by atoms with E-state index in [0.717, 1.165) is 48.5 Å². The first-order valence-corrected chi connectivity index (χ1v) is 12.1. The molecule has 4 rings (SSSR count). The molecule has 0 aromatic heterocycles. The van der Waals surface area contributed by atoms with Crippen molar-refractivity contribution >= 4 is 21.6 Å². The molecule has 31 heavy (non-hydrogen) atoms. The molecule has 2 heterocycles. The van der Waals surface area contributed by atoms with E-state index >= 15 is 0 Å². The second-order valence-electron chi connectivity index (χ2n) is 7.95. The Labute approximate surface area is 183 Å². The normalized spacial score (nSPS) is 16.4. The van der Waals surface area contributed by atoms with Crippen LogP contribution in [-0.4, -0.2) is 69.9 Å². The van der Waals surface area contributed by atoms with Crippen LogP contribution in [0.15, 0.2) is 42.5 Å². The maximum Gasteiger partial charge on any atom is 0.243 e. The summed E-state index contributed by atoms with van der Waals surface area (Å²) < 4.78 is 36.6. The van der Waals surface area contributed by atoms with Crippen molar-refractivity contribution in [3.05, 3.63) is 53.6 Å². The van der Waals surface area contributed by atoms with Gasteiger partial charge in [0.05, 0.1) is 11.9 Å². The fourth-order valence-corrected chi connectivity index (χ4v) is 4.70. The van der Waals surface area contributed by atoms with Gasteiger partial charge in [-0.3, -0.25) is 14.0 Å². The molecule has 2 aromatic rings. The van der Waals surface area contributed by atoms with Crippen molar-refractivity contribution in [2.75, 3.05) is 50.1 Å². The standard InChI is InChI=1S/C22H27N3O5S/c1-17-4-3-5-19(12-17)25(31(2,27)28)15-22(26)24-10-8-23(9-11-24)14-18-6-7-20-21(13-18)30-16-29-20/h3-7,12-13H,8-11,14-16H2,1-2H3. The predicted octanol–water partition coefficient (Wildman–Crippen LogP) is 1.83. The van der Waals surface area contributed by atoms with E-state index in [4.69, 9.17) is 9.47 Å². The minimum atomic E-state index is -3.57. The van der Waals surface area contributed by atoms with E-state index in [9.17, 15) is 13.2 Å². The summed E-state index contributed by atoms with van der Waals surface area (Å²) in [7, 11) is -3.57. The number of anilines is 1. The Morgan fingerprint density at radius 2 is 1.77 bits per heavy atom. The lowest BCUT2D eigenvalue weighted by molar-refractivity contribution is -0.131. The highest BCUT2D eigenvalue weighted by Crippen LogP contribution is 2.32. The van der Waals surface area contributed by atoms with Crippen LogP contribution in [-0.2, 0) is 21.4 Å². The third-order valence-electron chi connectivity index (χ3n) is 5.54. The van der Waals surface area contributed by atoms with Crippen LogP contribution < -0.4 is 13.8 Å². The summed E-state index contributed by atoms with van der Waals surface area (Å²) >= 11 is 0. The summed E-state index contributed by atoms with van der Waals surface area (Å²) in [6.45, 7) is 5.30. The number of hydrogen-bond acceptors (Lipinski definition) is 6. The Bertz CT molecular complexity index is 1060. The number of ether oxygens (including phenoxy) is 2. The Morgan fingerprint density at radius 3 is 2.48 bits per heavy atom. The number of carbonyl (C=O) groups is 1. The number of piperazine rings is 1. The van der Waals surface area contributed by atoms with E-state index in [0.29, 0.717) is 18.8 Å². The van der Waals surface area contributed by atoms with Crippen LogP contribution in [0.4, 0.5) is 5.69 Å². The van der Waals surface area contributed by atoms with Crippen molar-refractivity contribution in [1.82, 2.24) is 9.80 Å². The molecule has 0 atom stereocenters. The Morgan fingerprint density at radius 1 is 1.03 bits per heavy atom. The summed E-state index contributed by atoms with van der Waals surface area (Å²) in [5.41, 5.74) is 2.58. The molecule has 166 valence electrons. The first kappa shape index (κ1) is 21.5. The van der Waals surface area contributed by atoms with Crippen molar-refractivity contribution in [3.8, 4) is 11.5 Å². The number of fused-ring (bicyclic) bond motifs is 1. The van der Waals surface area contributed by atoms with Crippen molar-refractivity contribution in [3.63, 3.8) is 0 Å². The fraction of sp³-hybridized carbons (Fsp3) is 0.409. The lowest BCUT2D eigenvalue weighted by atomic mass is 10.1. The monoisotopic (exact) mass is 445 g/mol. The second kappa shape index (κ2) is 8.76. The molecule has 0 radical (unpaired) electrons. The van der Waals surface area contributed by atoms with Gasteiger partial charge >= 0.3 is 0 Å². The third kappa shape index (κ3) is 5.11. The van der Waals surface area contributed by atoms with Gasteiger partial charge in [0, 0.05) is 32.7 Å². The smallest absolute Gasteiger partial charge is 0.243 e. The molecule has 2 aromatic carbocycles. The van der Waals surface area contributed by atoms with Crippen LogP contribution >= 0.6 is 0 Å². The molecular formula is C22H27N3O5S. The van der Waals surface area contributed by atoms with Gasteiger partial charge in [-0.1, -0.05) is 18.2 Å². The first-order chi connectivity index (χ1) is 14.8. The summed E-state index contributed by atoms with van der Waals surface area (Å²) in [5, 5.41) is 0. The molecule has 1 fully saturated rings. The van der Waals surface area contributed by atoms with Crippen LogP contribution in [0.25, 0.3) is 0 Å². The van der Waals surface area contributed by atoms with Crippen molar-refractivity contribution < 1.29 is 22.7 Å². The molecule has 0 saturated carbocycles. The molecular weight excluding hydrogens is 418 g/mol. The molecule has 2 aliphatic heterocycles. The molecule has 0 N–H and O–H groups in total. The maximum atomic E-state index is 12.9. The van der Waals surface area contributed by atoms with Gasteiger partial charge in [0.1, 0.15) is 6.54 Å². The fourth-order valence-electron chi connectivity index (χ4n) is 3.86. The van der Waals surface area contributed by atoms with Gasteiger partial charge in [-0.15, -0.1) is 0 Å². The van der Waals surface area contributed by atoms with Crippen molar-refractivity contribution in [1.29, 1.82) is 0 Å². The number of amides is 1. The summed E-state index contributed by atoms with van der Waals surface area (Å²) in [6.07, 6.45) is 1.13. The van der Waals surface area contributed by atoms with E-state index in [-0.39, 0.29) is 19.2 Å². The molecule has 8 nitrogen and oxygen atoms in total.